The zero-order valence-corrected chi connectivity index (χ0v) is 20.5. The maximum Gasteiger partial charge on any atom is 0.157 e. The van der Waals surface area contributed by atoms with E-state index in [2.05, 4.69) is 20.0 Å². The van der Waals surface area contributed by atoms with Gasteiger partial charge in [-0.1, -0.05) is 35.3 Å². The van der Waals surface area contributed by atoms with E-state index in [-0.39, 0.29) is 6.29 Å². The lowest BCUT2D eigenvalue weighted by atomic mass is 10.1. The number of halogens is 2. The zero-order chi connectivity index (χ0) is 23.3. The molecule has 0 spiro atoms. The fourth-order valence-corrected chi connectivity index (χ4v) is 4.92. The van der Waals surface area contributed by atoms with Crippen LogP contribution in [0.5, 0.6) is 5.75 Å². The van der Waals surface area contributed by atoms with Crippen LogP contribution in [-0.4, -0.2) is 62.5 Å². The standard InChI is InChI=1S/C25H28Cl2N4O3/c26-18-14-19(16-20(15-18)32-12-13-34-24-6-1-2-11-33-24)30-7-9-31(10-8-30)23-17-28-29-25-21(23)4-3-5-22(25)27/h3-5,14-17,24H,1-2,6-13H2. The largest absolute Gasteiger partial charge is 0.491 e. The van der Waals surface area contributed by atoms with Crippen molar-refractivity contribution in [1.29, 1.82) is 0 Å². The van der Waals surface area contributed by atoms with E-state index >= 15 is 0 Å². The molecule has 9 heteroatoms. The van der Waals surface area contributed by atoms with Crippen molar-refractivity contribution in [1.82, 2.24) is 10.2 Å². The van der Waals surface area contributed by atoms with Gasteiger partial charge in [-0.3, -0.25) is 0 Å². The summed E-state index contributed by atoms with van der Waals surface area (Å²) in [6.45, 7) is 5.13. The highest BCUT2D eigenvalue weighted by atomic mass is 35.5. The Labute approximate surface area is 209 Å². The van der Waals surface area contributed by atoms with E-state index in [4.69, 9.17) is 37.4 Å². The quantitative estimate of drug-likeness (QED) is 0.412. The molecule has 2 saturated heterocycles. The van der Waals surface area contributed by atoms with Gasteiger partial charge in [-0.15, -0.1) is 5.10 Å². The maximum absolute atomic E-state index is 6.41. The number of aromatic nitrogens is 2. The number of benzene rings is 2. The molecule has 0 bridgehead atoms. The first kappa shape index (κ1) is 23.4. The summed E-state index contributed by atoms with van der Waals surface area (Å²) in [6.07, 6.45) is 4.93. The van der Waals surface area contributed by atoms with Crippen molar-refractivity contribution in [3.05, 3.63) is 52.6 Å². The highest BCUT2D eigenvalue weighted by molar-refractivity contribution is 6.35. The van der Waals surface area contributed by atoms with Gasteiger partial charge in [-0.05, 0) is 37.5 Å². The van der Waals surface area contributed by atoms with Crippen LogP contribution in [0.15, 0.2) is 42.6 Å². The molecule has 7 nitrogen and oxygen atoms in total. The van der Waals surface area contributed by atoms with Crippen molar-refractivity contribution >= 4 is 45.5 Å². The van der Waals surface area contributed by atoms with Crippen LogP contribution in [0.3, 0.4) is 0 Å². The Morgan fingerprint density at radius 3 is 2.68 bits per heavy atom. The van der Waals surface area contributed by atoms with Gasteiger partial charge in [0.05, 0.1) is 23.5 Å². The lowest BCUT2D eigenvalue weighted by Crippen LogP contribution is -2.46. The van der Waals surface area contributed by atoms with Crippen molar-refractivity contribution in [2.24, 2.45) is 0 Å². The smallest absolute Gasteiger partial charge is 0.157 e. The Hall–Kier alpha value is -2.32. The van der Waals surface area contributed by atoms with Gasteiger partial charge in [0.1, 0.15) is 17.9 Å². The minimum absolute atomic E-state index is 0.104. The number of nitrogens with zero attached hydrogens (tertiary/aromatic N) is 4. The van der Waals surface area contributed by atoms with Gasteiger partial charge < -0.3 is 24.0 Å². The summed E-state index contributed by atoms with van der Waals surface area (Å²) in [6, 6.07) is 11.7. The fourth-order valence-electron chi connectivity index (χ4n) is 4.49. The molecule has 1 atom stereocenters. The molecular weight excluding hydrogens is 475 g/mol. The predicted molar refractivity (Wildman–Crippen MR) is 135 cm³/mol. The molecule has 0 N–H and O–H groups in total. The lowest BCUT2D eigenvalue weighted by molar-refractivity contribution is -0.165. The molecule has 2 aliphatic heterocycles. The second-order valence-corrected chi connectivity index (χ2v) is 9.34. The summed E-state index contributed by atoms with van der Waals surface area (Å²) in [5.74, 6) is 0.747. The van der Waals surface area contributed by atoms with Crippen LogP contribution >= 0.6 is 23.2 Å². The highest BCUT2D eigenvalue weighted by Crippen LogP contribution is 2.31. The predicted octanol–water partition coefficient (Wildman–Crippen LogP) is 5.19. The van der Waals surface area contributed by atoms with Crippen molar-refractivity contribution in [2.45, 2.75) is 25.6 Å². The summed E-state index contributed by atoms with van der Waals surface area (Å²) in [5.41, 5.74) is 2.85. The molecule has 3 heterocycles. The van der Waals surface area contributed by atoms with Gasteiger partial charge >= 0.3 is 0 Å². The Kier molecular flexibility index (Phi) is 7.54. The molecule has 0 radical (unpaired) electrons. The Balaban J connectivity index is 1.19. The van der Waals surface area contributed by atoms with Crippen LogP contribution in [0.25, 0.3) is 10.9 Å². The summed E-state index contributed by atoms with van der Waals surface area (Å²) < 4.78 is 17.3. The first-order chi connectivity index (χ1) is 16.7. The van der Waals surface area contributed by atoms with Crippen LogP contribution in [0, 0.1) is 0 Å². The van der Waals surface area contributed by atoms with Crippen LogP contribution in [0.2, 0.25) is 10.0 Å². The summed E-state index contributed by atoms with van der Waals surface area (Å²) in [5, 5.41) is 10.7. The Morgan fingerprint density at radius 1 is 1.00 bits per heavy atom. The average Bonchev–Trinajstić information content (AvgIpc) is 2.87. The molecular formula is C25H28Cl2N4O3. The van der Waals surface area contributed by atoms with Crippen molar-refractivity contribution < 1.29 is 14.2 Å². The topological polar surface area (TPSA) is 60.0 Å². The van der Waals surface area contributed by atoms with Crippen molar-refractivity contribution in [2.75, 3.05) is 55.8 Å². The number of piperazine rings is 1. The van der Waals surface area contributed by atoms with Crippen LogP contribution < -0.4 is 14.5 Å². The Morgan fingerprint density at radius 2 is 1.85 bits per heavy atom. The fraction of sp³-hybridized carbons (Fsp3) is 0.440. The summed E-state index contributed by atoms with van der Waals surface area (Å²) >= 11 is 12.7. The van der Waals surface area contributed by atoms with Gasteiger partial charge in [0.2, 0.25) is 0 Å². The number of rotatable bonds is 7. The van der Waals surface area contributed by atoms with E-state index < -0.39 is 0 Å². The van der Waals surface area contributed by atoms with E-state index in [0.29, 0.717) is 23.3 Å². The molecule has 5 rings (SSSR count). The Bertz CT molecular complexity index is 1120. The molecule has 3 aromatic rings. The summed E-state index contributed by atoms with van der Waals surface area (Å²) in [7, 11) is 0. The average molecular weight is 503 g/mol. The normalized spacial score (nSPS) is 18.9. The second kappa shape index (κ2) is 11.0. The third-order valence-electron chi connectivity index (χ3n) is 6.24. The van der Waals surface area contributed by atoms with E-state index in [0.717, 1.165) is 80.1 Å². The lowest BCUT2D eigenvalue weighted by Gasteiger charge is -2.37. The van der Waals surface area contributed by atoms with Crippen molar-refractivity contribution in [3.63, 3.8) is 0 Å². The highest BCUT2D eigenvalue weighted by Gasteiger charge is 2.21. The maximum atomic E-state index is 6.41. The van der Waals surface area contributed by atoms with Crippen molar-refractivity contribution in [3.8, 4) is 5.75 Å². The molecule has 180 valence electrons. The SMILES string of the molecule is Clc1cc(OCCOC2CCCCO2)cc(N2CCN(c3cnnc4c(Cl)cccc34)CC2)c1. The number of fused-ring (bicyclic) bond motifs is 1. The molecule has 1 unspecified atom stereocenters. The van der Waals surface area contributed by atoms with Crippen LogP contribution in [0.1, 0.15) is 19.3 Å². The van der Waals surface area contributed by atoms with E-state index in [1.165, 1.54) is 0 Å². The zero-order valence-electron chi connectivity index (χ0n) is 19.0. The van der Waals surface area contributed by atoms with Crippen LogP contribution in [0.4, 0.5) is 11.4 Å². The first-order valence-corrected chi connectivity index (χ1v) is 12.5. The van der Waals surface area contributed by atoms with Gasteiger partial charge in [0.25, 0.3) is 0 Å². The molecule has 0 aliphatic carbocycles. The van der Waals surface area contributed by atoms with Crippen LogP contribution in [-0.2, 0) is 9.47 Å². The van der Waals surface area contributed by atoms with E-state index in [1.54, 1.807) is 0 Å². The molecule has 34 heavy (non-hydrogen) atoms. The second-order valence-electron chi connectivity index (χ2n) is 8.50. The molecule has 0 amide bonds. The number of ether oxygens (including phenoxy) is 3. The minimum Gasteiger partial charge on any atom is -0.491 e. The van der Waals surface area contributed by atoms with Gasteiger partial charge in [0, 0.05) is 54.9 Å². The monoisotopic (exact) mass is 502 g/mol. The van der Waals surface area contributed by atoms with Gasteiger partial charge in [-0.2, -0.15) is 5.10 Å². The molecule has 2 aliphatic rings. The third-order valence-corrected chi connectivity index (χ3v) is 6.76. The van der Waals surface area contributed by atoms with E-state index in [9.17, 15) is 0 Å². The third kappa shape index (κ3) is 5.49. The molecule has 0 saturated carbocycles. The molecule has 2 aromatic carbocycles. The molecule has 1 aromatic heterocycles. The van der Waals surface area contributed by atoms with E-state index in [1.807, 2.05) is 42.6 Å². The minimum atomic E-state index is -0.104. The summed E-state index contributed by atoms with van der Waals surface area (Å²) in [4.78, 5) is 4.65. The first-order valence-electron chi connectivity index (χ1n) is 11.7. The number of hydrogen-bond donors (Lipinski definition) is 0. The number of anilines is 2. The van der Waals surface area contributed by atoms with Gasteiger partial charge in [-0.25, -0.2) is 0 Å². The van der Waals surface area contributed by atoms with Gasteiger partial charge in [0.15, 0.2) is 6.29 Å². The number of hydrogen-bond acceptors (Lipinski definition) is 7. The molecule has 2 fully saturated rings.